The summed E-state index contributed by atoms with van der Waals surface area (Å²) in [5.74, 6) is -1.18. The van der Waals surface area contributed by atoms with E-state index in [1.54, 1.807) is 13.0 Å². The zero-order valence-corrected chi connectivity index (χ0v) is 6.38. The Morgan fingerprint density at radius 2 is 2.17 bits per heavy atom. The molecule has 12 heavy (non-hydrogen) atoms. The van der Waals surface area contributed by atoms with Gasteiger partial charge in [-0.2, -0.15) is 5.10 Å². The molecule has 2 nitrogen and oxygen atoms in total. The number of pyridine rings is 1. The first kappa shape index (κ1) is 7.21. The Bertz CT molecular complexity index is 434. The molecule has 2 aromatic rings. The van der Waals surface area contributed by atoms with E-state index in [2.05, 4.69) is 5.10 Å². The Kier molecular flexibility index (Phi) is 1.36. The highest BCUT2D eigenvalue weighted by Crippen LogP contribution is 2.15. The fourth-order valence-electron chi connectivity index (χ4n) is 1.10. The van der Waals surface area contributed by atoms with Crippen molar-refractivity contribution in [1.29, 1.82) is 0 Å². The monoisotopic (exact) mass is 168 g/mol. The molecule has 4 heteroatoms. The maximum atomic E-state index is 13.2. The second-order valence-corrected chi connectivity index (χ2v) is 2.60. The Morgan fingerprint density at radius 3 is 2.92 bits per heavy atom. The normalized spacial score (nSPS) is 10.9. The van der Waals surface area contributed by atoms with E-state index in [9.17, 15) is 8.78 Å². The highest BCUT2D eigenvalue weighted by Gasteiger charge is 2.09. The van der Waals surface area contributed by atoms with Crippen molar-refractivity contribution in [2.24, 2.45) is 0 Å². The van der Waals surface area contributed by atoms with Crippen molar-refractivity contribution < 1.29 is 8.78 Å². The number of hydrogen-bond donors (Lipinski definition) is 0. The summed E-state index contributed by atoms with van der Waals surface area (Å²) in [5.41, 5.74) is 0.330. The number of nitrogens with zero attached hydrogens (tertiary/aromatic N) is 2. The molecular weight excluding hydrogens is 162 g/mol. The number of aromatic nitrogens is 2. The minimum atomic E-state index is -0.629. The summed E-state index contributed by atoms with van der Waals surface area (Å²) in [6, 6.07) is 1.55. The second kappa shape index (κ2) is 2.27. The average Bonchev–Trinajstić information content (AvgIpc) is 2.41. The highest BCUT2D eigenvalue weighted by molar-refractivity contribution is 5.50. The predicted octanol–water partition coefficient (Wildman–Crippen LogP) is 1.92. The summed E-state index contributed by atoms with van der Waals surface area (Å²) in [7, 11) is 0. The van der Waals surface area contributed by atoms with Gasteiger partial charge >= 0.3 is 0 Å². The summed E-state index contributed by atoms with van der Waals surface area (Å²) in [5, 5.41) is 3.62. The van der Waals surface area contributed by atoms with Crippen LogP contribution in [0, 0.1) is 18.6 Å². The number of rotatable bonds is 0. The van der Waals surface area contributed by atoms with Crippen LogP contribution in [-0.2, 0) is 0 Å². The van der Waals surface area contributed by atoms with Gasteiger partial charge < -0.3 is 0 Å². The quantitative estimate of drug-likeness (QED) is 0.587. The van der Waals surface area contributed by atoms with Crippen LogP contribution in [0.3, 0.4) is 0 Å². The van der Waals surface area contributed by atoms with Gasteiger partial charge in [-0.15, -0.1) is 0 Å². The van der Waals surface area contributed by atoms with Crippen molar-refractivity contribution in [3.05, 3.63) is 35.7 Å². The van der Waals surface area contributed by atoms with Crippen molar-refractivity contribution in [3.8, 4) is 0 Å². The van der Waals surface area contributed by atoms with Crippen molar-refractivity contribution in [3.63, 3.8) is 0 Å². The lowest BCUT2D eigenvalue weighted by atomic mass is 10.2. The fourth-order valence-corrected chi connectivity index (χ4v) is 1.10. The van der Waals surface area contributed by atoms with E-state index in [0.717, 1.165) is 6.20 Å². The van der Waals surface area contributed by atoms with E-state index in [1.165, 1.54) is 10.7 Å². The molecule has 0 radical (unpaired) electrons. The van der Waals surface area contributed by atoms with Crippen molar-refractivity contribution in [1.82, 2.24) is 9.61 Å². The molecule has 2 heterocycles. The highest BCUT2D eigenvalue weighted by atomic mass is 19.1. The molecule has 0 atom stereocenters. The van der Waals surface area contributed by atoms with Gasteiger partial charge in [0, 0.05) is 6.20 Å². The summed E-state index contributed by atoms with van der Waals surface area (Å²) >= 11 is 0. The topological polar surface area (TPSA) is 17.3 Å². The smallest absolute Gasteiger partial charge is 0.171 e. The van der Waals surface area contributed by atoms with E-state index < -0.39 is 11.6 Å². The number of halogens is 2. The first-order valence-corrected chi connectivity index (χ1v) is 3.48. The fraction of sp³-hybridized carbons (Fsp3) is 0.125. The molecule has 0 saturated carbocycles. The predicted molar refractivity (Wildman–Crippen MR) is 39.8 cm³/mol. The van der Waals surface area contributed by atoms with Crippen molar-refractivity contribution >= 4 is 5.52 Å². The van der Waals surface area contributed by atoms with Crippen LogP contribution in [0.2, 0.25) is 0 Å². The van der Waals surface area contributed by atoms with Crippen LogP contribution in [0.1, 0.15) is 5.56 Å². The summed E-state index contributed by atoms with van der Waals surface area (Å²) in [4.78, 5) is 0. The molecule has 0 N–H and O–H groups in total. The van der Waals surface area contributed by atoms with Gasteiger partial charge in [0.15, 0.2) is 11.6 Å². The van der Waals surface area contributed by atoms with Crippen LogP contribution in [0.25, 0.3) is 5.52 Å². The minimum absolute atomic E-state index is 0.0880. The average molecular weight is 168 g/mol. The van der Waals surface area contributed by atoms with Gasteiger partial charge in [-0.05, 0) is 18.6 Å². The molecule has 0 bridgehead atoms. The third kappa shape index (κ3) is 0.809. The minimum Gasteiger partial charge on any atom is -0.235 e. The second-order valence-electron chi connectivity index (χ2n) is 2.60. The van der Waals surface area contributed by atoms with Crippen LogP contribution >= 0.6 is 0 Å². The Labute approximate surface area is 67.4 Å². The maximum absolute atomic E-state index is 13.2. The third-order valence-corrected chi connectivity index (χ3v) is 1.77. The molecule has 0 amide bonds. The Morgan fingerprint density at radius 1 is 1.42 bits per heavy atom. The molecule has 0 saturated heterocycles. The molecule has 2 rings (SSSR count). The van der Waals surface area contributed by atoms with Gasteiger partial charge in [-0.25, -0.2) is 13.3 Å². The maximum Gasteiger partial charge on any atom is 0.171 e. The zero-order valence-electron chi connectivity index (χ0n) is 6.38. The van der Waals surface area contributed by atoms with E-state index in [0.29, 0.717) is 5.56 Å². The largest absolute Gasteiger partial charge is 0.235 e. The summed E-state index contributed by atoms with van der Waals surface area (Å²) in [6.07, 6.45) is 2.52. The van der Waals surface area contributed by atoms with E-state index >= 15 is 0 Å². The van der Waals surface area contributed by atoms with Crippen LogP contribution in [0.15, 0.2) is 18.5 Å². The van der Waals surface area contributed by atoms with Crippen LogP contribution in [-0.4, -0.2) is 9.61 Å². The molecular formula is C8H6F2N2. The molecule has 0 unspecified atom stereocenters. The van der Waals surface area contributed by atoms with Gasteiger partial charge in [-0.1, -0.05) is 0 Å². The SMILES string of the molecule is Cc1ccn2ncc(F)c2c1F. The van der Waals surface area contributed by atoms with Gasteiger partial charge in [0.05, 0.1) is 6.20 Å². The van der Waals surface area contributed by atoms with Crippen LogP contribution in [0.5, 0.6) is 0 Å². The zero-order chi connectivity index (χ0) is 8.72. The van der Waals surface area contributed by atoms with E-state index in [1.807, 2.05) is 0 Å². The van der Waals surface area contributed by atoms with Gasteiger partial charge in [0.1, 0.15) is 5.52 Å². The summed E-state index contributed by atoms with van der Waals surface area (Å²) in [6.45, 7) is 1.59. The van der Waals surface area contributed by atoms with Crippen LogP contribution < -0.4 is 0 Å². The Balaban J connectivity index is 2.96. The van der Waals surface area contributed by atoms with Gasteiger partial charge in [0.2, 0.25) is 0 Å². The Hall–Kier alpha value is -1.45. The first-order chi connectivity index (χ1) is 5.70. The lowest BCUT2D eigenvalue weighted by Crippen LogP contribution is -1.92. The van der Waals surface area contributed by atoms with Crippen LogP contribution in [0.4, 0.5) is 8.78 Å². The molecule has 0 aliphatic rings. The first-order valence-electron chi connectivity index (χ1n) is 3.48. The number of fused-ring (bicyclic) bond motifs is 1. The standard InChI is InChI=1S/C8H6F2N2/c1-5-2-3-12-8(7(5)10)6(9)4-11-12/h2-4H,1H3. The van der Waals surface area contributed by atoms with Gasteiger partial charge in [0.25, 0.3) is 0 Å². The molecule has 0 spiro atoms. The van der Waals surface area contributed by atoms with E-state index in [4.69, 9.17) is 0 Å². The molecule has 0 fully saturated rings. The molecule has 2 aromatic heterocycles. The number of aryl methyl sites for hydroxylation is 1. The van der Waals surface area contributed by atoms with Crippen molar-refractivity contribution in [2.75, 3.05) is 0 Å². The third-order valence-electron chi connectivity index (χ3n) is 1.77. The molecule has 0 aliphatic heterocycles. The van der Waals surface area contributed by atoms with E-state index in [-0.39, 0.29) is 5.52 Å². The number of hydrogen-bond acceptors (Lipinski definition) is 1. The lowest BCUT2D eigenvalue weighted by Gasteiger charge is -1.97. The van der Waals surface area contributed by atoms with Crippen molar-refractivity contribution in [2.45, 2.75) is 6.92 Å². The molecule has 0 aliphatic carbocycles. The summed E-state index contributed by atoms with van der Waals surface area (Å²) < 4.78 is 27.2. The van der Waals surface area contributed by atoms with Gasteiger partial charge in [-0.3, -0.25) is 0 Å². The lowest BCUT2D eigenvalue weighted by molar-refractivity contribution is 0.597. The molecule has 0 aromatic carbocycles. The molecule has 62 valence electrons.